The highest BCUT2D eigenvalue weighted by Gasteiger charge is 2.37. The third-order valence-corrected chi connectivity index (χ3v) is 7.61. The Kier molecular flexibility index (Phi) is 4.24. The largest absolute Gasteiger partial charge is 0.505 e. The first-order chi connectivity index (χ1) is 14.3. The minimum atomic E-state index is -0.682. The first-order valence-corrected chi connectivity index (χ1v) is 10.9. The standard InChI is InChI=1S/C23H16BrNO4S/c1-23(2)12-7-3-5-9-14(12)25-17(23)11-15-18(21(25)27)19(26)20(22(28)29-15)30-16-10-6-4-8-13(16)24/h3-11,26H,1-2H3. The van der Waals surface area contributed by atoms with Crippen LogP contribution in [0.3, 0.4) is 0 Å². The fourth-order valence-corrected chi connectivity index (χ4v) is 5.39. The number of aromatic hydroxyl groups is 1. The van der Waals surface area contributed by atoms with Crippen LogP contribution in [0.5, 0.6) is 5.75 Å². The second-order valence-corrected chi connectivity index (χ2v) is 9.56. The zero-order chi connectivity index (χ0) is 21.2. The lowest BCUT2D eigenvalue weighted by atomic mass is 9.83. The van der Waals surface area contributed by atoms with E-state index in [1.807, 2.05) is 62.4 Å². The number of fused-ring (bicyclic) bond motifs is 4. The van der Waals surface area contributed by atoms with Crippen molar-refractivity contribution in [2.45, 2.75) is 29.1 Å². The van der Waals surface area contributed by atoms with E-state index < -0.39 is 16.6 Å². The van der Waals surface area contributed by atoms with Crippen LogP contribution < -0.4 is 11.2 Å². The van der Waals surface area contributed by atoms with E-state index in [1.54, 1.807) is 10.6 Å². The molecule has 2 aromatic carbocycles. The maximum atomic E-state index is 13.5. The molecular formula is C23H16BrNO4S. The lowest BCUT2D eigenvalue weighted by molar-refractivity contribution is 0.445. The van der Waals surface area contributed by atoms with Crippen molar-refractivity contribution in [3.63, 3.8) is 0 Å². The Morgan fingerprint density at radius 1 is 1.07 bits per heavy atom. The molecule has 1 aliphatic rings. The molecule has 1 aliphatic heterocycles. The van der Waals surface area contributed by atoms with Gasteiger partial charge in [0.05, 0.1) is 5.69 Å². The maximum absolute atomic E-state index is 13.5. The van der Waals surface area contributed by atoms with Gasteiger partial charge in [-0.05, 0) is 39.7 Å². The quantitative estimate of drug-likeness (QED) is 0.425. The zero-order valence-electron chi connectivity index (χ0n) is 16.1. The second kappa shape index (κ2) is 6.62. The Morgan fingerprint density at radius 2 is 1.77 bits per heavy atom. The molecule has 4 aromatic rings. The molecular weight excluding hydrogens is 466 g/mol. The molecule has 0 amide bonds. The van der Waals surface area contributed by atoms with E-state index >= 15 is 0 Å². The summed E-state index contributed by atoms with van der Waals surface area (Å²) in [7, 11) is 0. The fourth-order valence-electron chi connectivity index (χ4n) is 4.00. The van der Waals surface area contributed by atoms with Crippen LogP contribution in [-0.2, 0) is 5.41 Å². The Labute approximate surface area is 184 Å². The summed E-state index contributed by atoms with van der Waals surface area (Å²) < 4.78 is 7.89. The van der Waals surface area contributed by atoms with Crippen molar-refractivity contribution in [1.29, 1.82) is 0 Å². The van der Waals surface area contributed by atoms with E-state index in [0.717, 1.165) is 38.1 Å². The number of nitrogens with zero attached hydrogens (tertiary/aromatic N) is 1. The highest BCUT2D eigenvalue weighted by molar-refractivity contribution is 9.10. The molecule has 5 nitrogen and oxygen atoms in total. The number of pyridine rings is 1. The summed E-state index contributed by atoms with van der Waals surface area (Å²) in [6.45, 7) is 4.04. The third kappa shape index (κ3) is 2.62. The number of aromatic nitrogens is 1. The summed E-state index contributed by atoms with van der Waals surface area (Å²) in [5, 5.41) is 11.0. The highest BCUT2D eigenvalue weighted by atomic mass is 79.9. The second-order valence-electron chi connectivity index (χ2n) is 7.65. The van der Waals surface area contributed by atoms with Gasteiger partial charge in [0, 0.05) is 26.5 Å². The molecule has 1 N–H and O–H groups in total. The summed E-state index contributed by atoms with van der Waals surface area (Å²) >= 11 is 4.50. The fraction of sp³-hybridized carbons (Fsp3) is 0.130. The van der Waals surface area contributed by atoms with Crippen molar-refractivity contribution in [1.82, 2.24) is 4.57 Å². The number of hydrogen-bond donors (Lipinski definition) is 1. The van der Waals surface area contributed by atoms with E-state index in [1.165, 1.54) is 0 Å². The van der Waals surface area contributed by atoms with E-state index in [9.17, 15) is 14.7 Å². The van der Waals surface area contributed by atoms with Gasteiger partial charge in [-0.25, -0.2) is 4.79 Å². The molecule has 0 radical (unpaired) electrons. The summed E-state index contributed by atoms with van der Waals surface area (Å²) in [5.74, 6) is -0.357. The van der Waals surface area contributed by atoms with Crippen molar-refractivity contribution in [2.24, 2.45) is 0 Å². The molecule has 0 unspecified atom stereocenters. The number of hydrogen-bond acceptors (Lipinski definition) is 5. The molecule has 0 bridgehead atoms. The smallest absolute Gasteiger partial charge is 0.354 e. The molecule has 0 aliphatic carbocycles. The van der Waals surface area contributed by atoms with Gasteiger partial charge >= 0.3 is 5.63 Å². The molecule has 5 rings (SSSR count). The van der Waals surface area contributed by atoms with Gasteiger partial charge in [0.2, 0.25) is 0 Å². The molecule has 7 heteroatoms. The SMILES string of the molecule is CC1(C)c2ccccc2-n2c1cc1oc(=O)c(Sc3ccccc3Br)c(O)c1c2=O. The third-order valence-electron chi connectivity index (χ3n) is 5.52. The molecule has 150 valence electrons. The minimum Gasteiger partial charge on any atom is -0.505 e. The number of para-hydroxylation sites is 1. The monoisotopic (exact) mass is 481 g/mol. The van der Waals surface area contributed by atoms with Crippen LogP contribution in [0.25, 0.3) is 16.7 Å². The van der Waals surface area contributed by atoms with Crippen molar-refractivity contribution in [2.75, 3.05) is 0 Å². The van der Waals surface area contributed by atoms with Gasteiger partial charge in [-0.2, -0.15) is 0 Å². The van der Waals surface area contributed by atoms with Crippen LogP contribution in [0.15, 0.2) is 82.9 Å². The van der Waals surface area contributed by atoms with E-state index in [0.29, 0.717) is 0 Å². The Balaban J connectivity index is 1.82. The first-order valence-electron chi connectivity index (χ1n) is 9.29. The molecule has 0 atom stereocenters. The minimum absolute atomic E-state index is 0.000377. The Bertz CT molecular complexity index is 1470. The Hall–Kier alpha value is -2.77. The topological polar surface area (TPSA) is 72.4 Å². The van der Waals surface area contributed by atoms with Crippen LogP contribution in [0.4, 0.5) is 0 Å². The average Bonchev–Trinajstić information content (AvgIpc) is 2.94. The maximum Gasteiger partial charge on any atom is 0.354 e. The summed E-state index contributed by atoms with van der Waals surface area (Å²) in [4.78, 5) is 26.9. The van der Waals surface area contributed by atoms with E-state index in [2.05, 4.69) is 15.9 Å². The molecule has 0 spiro atoms. The summed E-state index contributed by atoms with van der Waals surface area (Å²) in [5.41, 5.74) is 1.05. The highest BCUT2D eigenvalue weighted by Crippen LogP contribution is 2.44. The van der Waals surface area contributed by atoms with E-state index in [4.69, 9.17) is 4.42 Å². The summed E-state index contributed by atoms with van der Waals surface area (Å²) in [6, 6.07) is 16.7. The van der Waals surface area contributed by atoms with Gasteiger partial charge < -0.3 is 9.52 Å². The number of halogens is 1. The van der Waals surface area contributed by atoms with Crippen LogP contribution in [0.2, 0.25) is 0 Å². The normalized spacial score (nSPS) is 14.0. The summed E-state index contributed by atoms with van der Waals surface area (Å²) in [6.07, 6.45) is 0. The molecule has 2 aromatic heterocycles. The molecule has 0 saturated carbocycles. The van der Waals surface area contributed by atoms with Gasteiger partial charge in [0.15, 0.2) is 5.75 Å². The Morgan fingerprint density at radius 3 is 2.53 bits per heavy atom. The van der Waals surface area contributed by atoms with Crippen molar-refractivity contribution < 1.29 is 9.52 Å². The van der Waals surface area contributed by atoms with Gasteiger partial charge in [-0.3, -0.25) is 9.36 Å². The predicted molar refractivity (Wildman–Crippen MR) is 120 cm³/mol. The van der Waals surface area contributed by atoms with Crippen molar-refractivity contribution >= 4 is 38.7 Å². The van der Waals surface area contributed by atoms with Crippen molar-refractivity contribution in [3.05, 3.63) is 91.1 Å². The van der Waals surface area contributed by atoms with Crippen LogP contribution in [0, 0.1) is 0 Å². The first kappa shape index (κ1) is 19.2. The molecule has 0 fully saturated rings. The molecule has 30 heavy (non-hydrogen) atoms. The lowest BCUT2D eigenvalue weighted by Gasteiger charge is -2.20. The van der Waals surface area contributed by atoms with E-state index in [-0.39, 0.29) is 21.6 Å². The number of benzene rings is 2. The van der Waals surface area contributed by atoms with Gasteiger partial charge in [-0.1, -0.05) is 55.9 Å². The van der Waals surface area contributed by atoms with Gasteiger partial charge in [0.25, 0.3) is 5.56 Å². The molecule has 3 heterocycles. The van der Waals surface area contributed by atoms with Crippen LogP contribution in [-0.4, -0.2) is 9.67 Å². The van der Waals surface area contributed by atoms with Gasteiger partial charge in [-0.15, -0.1) is 0 Å². The lowest BCUT2D eigenvalue weighted by Crippen LogP contribution is -2.24. The number of rotatable bonds is 2. The van der Waals surface area contributed by atoms with Gasteiger partial charge in [0.1, 0.15) is 15.9 Å². The molecule has 0 saturated heterocycles. The zero-order valence-corrected chi connectivity index (χ0v) is 18.5. The predicted octanol–water partition coefficient (Wildman–Crippen LogP) is 5.20. The van der Waals surface area contributed by atoms with Crippen molar-refractivity contribution in [3.8, 4) is 11.4 Å². The average molecular weight is 482 g/mol. The van der Waals surface area contributed by atoms with Crippen LogP contribution >= 0.6 is 27.7 Å². The van der Waals surface area contributed by atoms with Crippen LogP contribution in [0.1, 0.15) is 25.1 Å².